The summed E-state index contributed by atoms with van der Waals surface area (Å²) < 4.78 is 0. The third kappa shape index (κ3) is 5.24. The largest absolute Gasteiger partial charge is 0.333 e. The van der Waals surface area contributed by atoms with Gasteiger partial charge in [0.2, 0.25) is 5.91 Å². The number of aliphatic imine (C=N–C) groups is 1. The van der Waals surface area contributed by atoms with Crippen LogP contribution in [0.5, 0.6) is 0 Å². The molecule has 2 unspecified atom stereocenters. The lowest BCUT2D eigenvalue weighted by atomic mass is 10.1. The van der Waals surface area contributed by atoms with Crippen molar-refractivity contribution in [2.45, 2.75) is 83.2 Å². The predicted molar refractivity (Wildman–Crippen MR) is 124 cm³/mol. The van der Waals surface area contributed by atoms with Crippen LogP contribution in [0.15, 0.2) is 29.3 Å². The van der Waals surface area contributed by atoms with Gasteiger partial charge in [-0.05, 0) is 43.9 Å². The standard InChI is InChI=1S/C22H33N3OS.ClH/c1-5-18-12-14-20(15-13-18)25(17(3)26)21-16(2)27-22(24(21)4)23-19-10-8-6-7-9-11-19;/h12-16,19,21H,5-11H2,1-4H3;1H. The summed E-state index contributed by atoms with van der Waals surface area (Å²) in [5.74, 6) is 0.0827. The maximum atomic E-state index is 12.6. The van der Waals surface area contributed by atoms with Gasteiger partial charge in [0.15, 0.2) is 5.17 Å². The zero-order valence-corrected chi connectivity index (χ0v) is 19.2. The van der Waals surface area contributed by atoms with E-state index in [1.807, 2.05) is 16.7 Å². The Labute approximate surface area is 180 Å². The molecule has 1 aromatic carbocycles. The van der Waals surface area contributed by atoms with Crippen LogP contribution in [0.1, 0.15) is 64.9 Å². The molecule has 0 aromatic heterocycles. The first kappa shape index (κ1) is 23.1. The Bertz CT molecular complexity index is 671. The molecule has 6 heteroatoms. The van der Waals surface area contributed by atoms with Gasteiger partial charge in [-0.1, -0.05) is 56.5 Å². The van der Waals surface area contributed by atoms with Gasteiger partial charge in [-0.2, -0.15) is 0 Å². The minimum atomic E-state index is 0. The summed E-state index contributed by atoms with van der Waals surface area (Å²) in [5.41, 5.74) is 2.26. The molecule has 2 fully saturated rings. The molecule has 1 saturated carbocycles. The number of hydrogen-bond donors (Lipinski definition) is 0. The topological polar surface area (TPSA) is 35.9 Å². The summed E-state index contributed by atoms with van der Waals surface area (Å²) in [7, 11) is 2.09. The van der Waals surface area contributed by atoms with E-state index in [1.165, 1.54) is 44.1 Å². The molecule has 156 valence electrons. The highest BCUT2D eigenvalue weighted by Gasteiger charge is 2.40. The SMILES string of the molecule is CCc1ccc(N(C(C)=O)C2C(C)SC(=NC3CCCCCC3)N2C)cc1.Cl. The number of rotatable bonds is 4. The molecule has 1 heterocycles. The Hall–Kier alpha value is -1.20. The normalized spacial score (nSPS) is 24.7. The monoisotopic (exact) mass is 423 g/mol. The van der Waals surface area contributed by atoms with Gasteiger partial charge >= 0.3 is 0 Å². The maximum absolute atomic E-state index is 12.6. The number of amides is 1. The van der Waals surface area contributed by atoms with E-state index >= 15 is 0 Å². The van der Waals surface area contributed by atoms with E-state index in [4.69, 9.17) is 4.99 Å². The molecule has 0 N–H and O–H groups in total. The van der Waals surface area contributed by atoms with Crippen LogP contribution in [-0.2, 0) is 11.2 Å². The summed E-state index contributed by atoms with van der Waals surface area (Å²) in [4.78, 5) is 21.8. The van der Waals surface area contributed by atoms with Crippen LogP contribution >= 0.6 is 24.2 Å². The molecule has 4 nitrogen and oxygen atoms in total. The first-order valence-electron chi connectivity index (χ1n) is 10.4. The summed E-state index contributed by atoms with van der Waals surface area (Å²) in [5, 5.41) is 1.38. The number of thioether (sulfide) groups is 1. The fraction of sp³-hybridized carbons (Fsp3) is 0.636. The molecular weight excluding hydrogens is 390 g/mol. The van der Waals surface area contributed by atoms with E-state index in [0.717, 1.165) is 17.3 Å². The van der Waals surface area contributed by atoms with E-state index in [2.05, 4.69) is 50.1 Å². The molecule has 28 heavy (non-hydrogen) atoms. The van der Waals surface area contributed by atoms with Crippen molar-refractivity contribution in [1.82, 2.24) is 4.90 Å². The van der Waals surface area contributed by atoms with Crippen LogP contribution in [-0.4, -0.2) is 40.5 Å². The molecule has 1 amide bonds. The van der Waals surface area contributed by atoms with Crippen LogP contribution in [0, 0.1) is 0 Å². The Kier molecular flexibility index (Phi) is 8.69. The number of hydrogen-bond acceptors (Lipinski definition) is 3. The van der Waals surface area contributed by atoms with Gasteiger partial charge in [-0.3, -0.25) is 14.7 Å². The minimum Gasteiger partial charge on any atom is -0.333 e. The molecular formula is C22H34ClN3OS. The number of carbonyl (C=O) groups is 1. The van der Waals surface area contributed by atoms with Crippen molar-refractivity contribution < 1.29 is 4.79 Å². The quantitative estimate of drug-likeness (QED) is 0.600. The third-order valence-electron chi connectivity index (χ3n) is 5.75. The van der Waals surface area contributed by atoms with Crippen LogP contribution in [0.2, 0.25) is 0 Å². The molecule has 1 aliphatic carbocycles. The van der Waals surface area contributed by atoms with E-state index in [9.17, 15) is 4.79 Å². The zero-order valence-electron chi connectivity index (χ0n) is 17.6. The van der Waals surface area contributed by atoms with Gasteiger partial charge in [0, 0.05) is 24.9 Å². The van der Waals surface area contributed by atoms with E-state index in [1.54, 1.807) is 6.92 Å². The second-order valence-corrected chi connectivity index (χ2v) is 9.16. The number of anilines is 1. The zero-order chi connectivity index (χ0) is 19.4. The molecule has 2 atom stereocenters. The number of halogens is 1. The van der Waals surface area contributed by atoms with Crippen LogP contribution in [0.4, 0.5) is 5.69 Å². The van der Waals surface area contributed by atoms with Crippen LogP contribution < -0.4 is 4.90 Å². The molecule has 0 radical (unpaired) electrons. The number of amidine groups is 1. The predicted octanol–water partition coefficient (Wildman–Crippen LogP) is 5.50. The van der Waals surface area contributed by atoms with Crippen molar-refractivity contribution in [3.8, 4) is 0 Å². The number of carbonyl (C=O) groups excluding carboxylic acids is 1. The molecule has 2 aliphatic rings. The van der Waals surface area contributed by atoms with Gasteiger partial charge in [-0.25, -0.2) is 0 Å². The van der Waals surface area contributed by atoms with Crippen LogP contribution in [0.25, 0.3) is 0 Å². The fourth-order valence-corrected chi connectivity index (χ4v) is 5.44. The lowest BCUT2D eigenvalue weighted by Crippen LogP contribution is -2.50. The van der Waals surface area contributed by atoms with Crippen molar-refractivity contribution in [3.63, 3.8) is 0 Å². The molecule has 1 aliphatic heterocycles. The first-order valence-corrected chi connectivity index (χ1v) is 11.2. The molecule has 3 rings (SSSR count). The van der Waals surface area contributed by atoms with E-state index < -0.39 is 0 Å². The van der Waals surface area contributed by atoms with E-state index in [-0.39, 0.29) is 29.7 Å². The number of nitrogens with zero attached hydrogens (tertiary/aromatic N) is 3. The summed E-state index contributed by atoms with van der Waals surface area (Å²) >= 11 is 1.81. The van der Waals surface area contributed by atoms with Crippen molar-refractivity contribution in [1.29, 1.82) is 0 Å². The second-order valence-electron chi connectivity index (χ2n) is 7.81. The average Bonchev–Trinajstić information content (AvgIpc) is 2.84. The van der Waals surface area contributed by atoms with E-state index in [0.29, 0.717) is 6.04 Å². The van der Waals surface area contributed by atoms with Gasteiger partial charge in [0.05, 0.1) is 6.04 Å². The molecule has 1 aromatic rings. The average molecular weight is 424 g/mol. The first-order chi connectivity index (χ1) is 13.0. The van der Waals surface area contributed by atoms with Crippen molar-refractivity contribution in [2.75, 3.05) is 11.9 Å². The van der Waals surface area contributed by atoms with Gasteiger partial charge in [0.1, 0.15) is 6.17 Å². The van der Waals surface area contributed by atoms with Crippen molar-refractivity contribution >= 4 is 40.9 Å². The second kappa shape index (κ2) is 10.5. The number of aryl methyl sites for hydroxylation is 1. The van der Waals surface area contributed by atoms with Crippen molar-refractivity contribution in [3.05, 3.63) is 29.8 Å². The summed E-state index contributed by atoms with van der Waals surface area (Å²) in [6, 6.07) is 8.84. The van der Waals surface area contributed by atoms with Gasteiger partial charge in [0.25, 0.3) is 0 Å². The third-order valence-corrected chi connectivity index (χ3v) is 6.97. The van der Waals surface area contributed by atoms with Crippen LogP contribution in [0.3, 0.4) is 0 Å². The Morgan fingerprint density at radius 2 is 1.79 bits per heavy atom. The summed E-state index contributed by atoms with van der Waals surface area (Å²) in [6.07, 6.45) is 8.68. The fourth-order valence-electron chi connectivity index (χ4n) is 4.20. The molecule has 1 saturated heterocycles. The maximum Gasteiger partial charge on any atom is 0.225 e. The number of benzene rings is 1. The highest BCUT2D eigenvalue weighted by atomic mass is 35.5. The van der Waals surface area contributed by atoms with Gasteiger partial charge in [-0.15, -0.1) is 12.4 Å². The smallest absolute Gasteiger partial charge is 0.225 e. The highest BCUT2D eigenvalue weighted by Crippen LogP contribution is 2.36. The van der Waals surface area contributed by atoms with Crippen molar-refractivity contribution in [2.24, 2.45) is 4.99 Å². The summed E-state index contributed by atoms with van der Waals surface area (Å²) in [6.45, 7) is 6.02. The Balaban J connectivity index is 0.00000280. The molecule has 0 bridgehead atoms. The Morgan fingerprint density at radius 3 is 2.32 bits per heavy atom. The van der Waals surface area contributed by atoms with Gasteiger partial charge < -0.3 is 4.90 Å². The highest BCUT2D eigenvalue weighted by molar-refractivity contribution is 8.14. The lowest BCUT2D eigenvalue weighted by Gasteiger charge is -2.35. The lowest BCUT2D eigenvalue weighted by molar-refractivity contribution is -0.117. The minimum absolute atomic E-state index is 0. The Morgan fingerprint density at radius 1 is 1.18 bits per heavy atom. The molecule has 0 spiro atoms.